The first-order valence-corrected chi connectivity index (χ1v) is 7.44. The molecule has 3 aromatic rings. The van der Waals surface area contributed by atoms with Gasteiger partial charge in [0.2, 0.25) is 0 Å². The Kier molecular flexibility index (Phi) is 4.30. The summed E-state index contributed by atoms with van der Waals surface area (Å²) in [5.41, 5.74) is 3.48. The third-order valence-electron chi connectivity index (χ3n) is 3.96. The maximum absolute atomic E-state index is 4.45. The second kappa shape index (κ2) is 6.54. The fraction of sp³-hybridized carbons (Fsp3) is 0.222. The molecule has 0 aliphatic carbocycles. The summed E-state index contributed by atoms with van der Waals surface area (Å²) in [5.74, 6) is 0. The van der Waals surface area contributed by atoms with Gasteiger partial charge in [-0.05, 0) is 43.8 Å². The van der Waals surface area contributed by atoms with Gasteiger partial charge >= 0.3 is 0 Å². The quantitative estimate of drug-likeness (QED) is 0.722. The lowest BCUT2D eigenvalue weighted by molar-refractivity contribution is 0.247. The Bertz CT molecular complexity index is 706. The number of hydrogen-bond donors (Lipinski definition) is 0. The van der Waals surface area contributed by atoms with Gasteiger partial charge in [-0.3, -0.25) is 9.88 Å². The van der Waals surface area contributed by atoms with E-state index in [1.165, 1.54) is 11.3 Å². The Morgan fingerprint density at radius 3 is 2.59 bits per heavy atom. The van der Waals surface area contributed by atoms with Crippen LogP contribution in [0.15, 0.2) is 67.1 Å². The maximum atomic E-state index is 4.45. The first-order chi connectivity index (χ1) is 10.8. The van der Waals surface area contributed by atoms with Gasteiger partial charge < -0.3 is 0 Å². The van der Waals surface area contributed by atoms with E-state index in [1.54, 1.807) is 6.20 Å². The van der Waals surface area contributed by atoms with Crippen LogP contribution in [0.2, 0.25) is 0 Å². The number of nitrogens with zero attached hydrogens (tertiary/aromatic N) is 4. The molecule has 0 fully saturated rings. The Balaban J connectivity index is 1.78. The smallest absolute Gasteiger partial charge is 0.0649 e. The van der Waals surface area contributed by atoms with Crippen LogP contribution in [-0.4, -0.2) is 26.7 Å². The van der Waals surface area contributed by atoms with E-state index in [-0.39, 0.29) is 0 Å². The van der Waals surface area contributed by atoms with E-state index in [9.17, 15) is 0 Å². The second-order valence-corrected chi connectivity index (χ2v) is 5.45. The molecule has 3 rings (SSSR count). The van der Waals surface area contributed by atoms with Gasteiger partial charge in [0.15, 0.2) is 0 Å². The topological polar surface area (TPSA) is 34.0 Å². The molecule has 0 saturated heterocycles. The first-order valence-electron chi connectivity index (χ1n) is 7.44. The summed E-state index contributed by atoms with van der Waals surface area (Å²) in [7, 11) is 2.12. The van der Waals surface area contributed by atoms with Crippen molar-refractivity contribution in [3.63, 3.8) is 0 Å². The van der Waals surface area contributed by atoms with Crippen molar-refractivity contribution in [1.29, 1.82) is 0 Å². The minimum atomic E-state index is 0.299. The van der Waals surface area contributed by atoms with E-state index >= 15 is 0 Å². The van der Waals surface area contributed by atoms with Crippen LogP contribution in [0.5, 0.6) is 0 Å². The zero-order valence-corrected chi connectivity index (χ0v) is 12.9. The number of hydrogen-bond acceptors (Lipinski definition) is 3. The molecular formula is C18H20N4. The Labute approximate surface area is 131 Å². The molecule has 4 nitrogen and oxygen atoms in total. The Morgan fingerprint density at radius 1 is 1.05 bits per heavy atom. The summed E-state index contributed by atoms with van der Waals surface area (Å²) in [6, 6.07) is 16.7. The zero-order valence-electron chi connectivity index (χ0n) is 12.9. The summed E-state index contributed by atoms with van der Waals surface area (Å²) in [6.07, 6.45) is 5.58. The molecule has 1 atom stereocenters. The lowest BCUT2D eigenvalue weighted by Crippen LogP contribution is -2.23. The van der Waals surface area contributed by atoms with Crippen LogP contribution in [0.4, 0.5) is 0 Å². The van der Waals surface area contributed by atoms with Crippen LogP contribution in [-0.2, 0) is 6.54 Å². The van der Waals surface area contributed by atoms with Crippen LogP contribution >= 0.6 is 0 Å². The summed E-state index contributed by atoms with van der Waals surface area (Å²) in [5, 5.41) is 4.45. The summed E-state index contributed by atoms with van der Waals surface area (Å²) in [4.78, 5) is 6.51. The van der Waals surface area contributed by atoms with Crippen molar-refractivity contribution >= 4 is 0 Å². The number of aromatic nitrogens is 3. The molecule has 4 heteroatoms. The van der Waals surface area contributed by atoms with Crippen molar-refractivity contribution in [2.24, 2.45) is 0 Å². The summed E-state index contributed by atoms with van der Waals surface area (Å²) in [6.45, 7) is 3.02. The zero-order chi connectivity index (χ0) is 15.4. The van der Waals surface area contributed by atoms with Gasteiger partial charge in [0, 0.05) is 31.2 Å². The molecule has 0 aliphatic rings. The van der Waals surface area contributed by atoms with Gasteiger partial charge in [-0.1, -0.05) is 24.3 Å². The maximum Gasteiger partial charge on any atom is 0.0649 e. The van der Waals surface area contributed by atoms with Crippen molar-refractivity contribution in [3.8, 4) is 5.69 Å². The molecule has 0 radical (unpaired) electrons. The standard InChI is InChI=1S/C18H20N4/c1-15(16-7-6-11-19-13-16)21(2)14-18-10-12-20-22(18)17-8-4-3-5-9-17/h3-13,15H,14H2,1-2H3. The van der Waals surface area contributed by atoms with Crippen LogP contribution in [0.1, 0.15) is 24.2 Å². The predicted molar refractivity (Wildman–Crippen MR) is 87.7 cm³/mol. The fourth-order valence-corrected chi connectivity index (χ4v) is 2.52. The lowest BCUT2D eigenvalue weighted by Gasteiger charge is -2.25. The minimum absolute atomic E-state index is 0.299. The largest absolute Gasteiger partial charge is 0.294 e. The minimum Gasteiger partial charge on any atom is -0.294 e. The van der Waals surface area contributed by atoms with Gasteiger partial charge in [0.25, 0.3) is 0 Å². The fourth-order valence-electron chi connectivity index (χ4n) is 2.52. The van der Waals surface area contributed by atoms with Crippen molar-refractivity contribution in [3.05, 3.63) is 78.4 Å². The van der Waals surface area contributed by atoms with Crippen molar-refractivity contribution in [1.82, 2.24) is 19.7 Å². The highest BCUT2D eigenvalue weighted by molar-refractivity contribution is 5.32. The molecule has 2 heterocycles. The third kappa shape index (κ3) is 3.07. The molecule has 112 valence electrons. The number of rotatable bonds is 5. The molecule has 0 spiro atoms. The average molecular weight is 292 g/mol. The molecule has 1 aromatic carbocycles. The normalized spacial score (nSPS) is 12.5. The average Bonchev–Trinajstić information content (AvgIpc) is 3.04. The second-order valence-electron chi connectivity index (χ2n) is 5.45. The first kappa shape index (κ1) is 14.5. The van der Waals surface area contributed by atoms with Crippen LogP contribution in [0, 0.1) is 0 Å². The molecule has 0 saturated carbocycles. The predicted octanol–water partition coefficient (Wildman–Crippen LogP) is 3.46. The van der Waals surface area contributed by atoms with Crippen molar-refractivity contribution in [2.75, 3.05) is 7.05 Å². The van der Waals surface area contributed by atoms with Crippen molar-refractivity contribution in [2.45, 2.75) is 19.5 Å². The van der Waals surface area contributed by atoms with E-state index < -0.39 is 0 Å². The van der Waals surface area contributed by atoms with E-state index in [0.29, 0.717) is 6.04 Å². The van der Waals surface area contributed by atoms with E-state index in [0.717, 1.165) is 12.2 Å². The molecule has 0 aliphatic heterocycles. The highest BCUT2D eigenvalue weighted by Crippen LogP contribution is 2.20. The van der Waals surface area contributed by atoms with Gasteiger partial charge in [0.05, 0.1) is 11.4 Å². The molecule has 0 bridgehead atoms. The molecule has 22 heavy (non-hydrogen) atoms. The molecule has 0 N–H and O–H groups in total. The lowest BCUT2D eigenvalue weighted by atomic mass is 10.1. The molecule has 2 aromatic heterocycles. The van der Waals surface area contributed by atoms with E-state index in [2.05, 4.69) is 53.2 Å². The van der Waals surface area contributed by atoms with Crippen LogP contribution in [0.3, 0.4) is 0 Å². The van der Waals surface area contributed by atoms with Gasteiger partial charge in [-0.2, -0.15) is 5.10 Å². The van der Waals surface area contributed by atoms with Gasteiger partial charge in [-0.15, -0.1) is 0 Å². The highest BCUT2D eigenvalue weighted by Gasteiger charge is 2.14. The molecular weight excluding hydrogens is 272 g/mol. The molecule has 1 unspecified atom stereocenters. The number of benzene rings is 1. The van der Waals surface area contributed by atoms with Gasteiger partial charge in [0.1, 0.15) is 0 Å². The highest BCUT2D eigenvalue weighted by atomic mass is 15.3. The van der Waals surface area contributed by atoms with Gasteiger partial charge in [-0.25, -0.2) is 4.68 Å². The molecule has 0 amide bonds. The number of pyridine rings is 1. The van der Waals surface area contributed by atoms with E-state index in [4.69, 9.17) is 0 Å². The monoisotopic (exact) mass is 292 g/mol. The Hall–Kier alpha value is -2.46. The van der Waals surface area contributed by atoms with Crippen molar-refractivity contribution < 1.29 is 0 Å². The van der Waals surface area contributed by atoms with Crippen LogP contribution < -0.4 is 0 Å². The SMILES string of the molecule is CC(c1cccnc1)N(C)Cc1ccnn1-c1ccccc1. The Morgan fingerprint density at radius 2 is 1.86 bits per heavy atom. The summed E-state index contributed by atoms with van der Waals surface area (Å²) >= 11 is 0. The number of para-hydroxylation sites is 1. The summed E-state index contributed by atoms with van der Waals surface area (Å²) < 4.78 is 1.99. The third-order valence-corrected chi connectivity index (χ3v) is 3.96. The van der Waals surface area contributed by atoms with E-state index in [1.807, 2.05) is 41.3 Å². The van der Waals surface area contributed by atoms with Crippen LogP contribution in [0.25, 0.3) is 5.69 Å².